The second-order valence-corrected chi connectivity index (χ2v) is 4.56. The zero-order chi connectivity index (χ0) is 12.4. The molecule has 0 aliphatic heterocycles. The fourth-order valence-corrected chi connectivity index (χ4v) is 2.03. The quantitative estimate of drug-likeness (QED) is 0.662. The highest BCUT2D eigenvalue weighted by atomic mass is 32.1. The van der Waals surface area contributed by atoms with Gasteiger partial charge in [-0.3, -0.25) is 4.57 Å². The minimum atomic E-state index is -0.505. The van der Waals surface area contributed by atoms with Crippen LogP contribution in [0.2, 0.25) is 0 Å². The van der Waals surface area contributed by atoms with Crippen LogP contribution in [0.3, 0.4) is 0 Å². The molecule has 2 rings (SSSR count). The predicted octanol–water partition coefficient (Wildman–Crippen LogP) is 1.71. The second-order valence-electron chi connectivity index (χ2n) is 3.50. The Morgan fingerprint density at radius 1 is 1.65 bits per heavy atom. The van der Waals surface area contributed by atoms with Crippen molar-refractivity contribution in [2.45, 2.75) is 13.5 Å². The first-order chi connectivity index (χ1) is 8.08. The van der Waals surface area contributed by atoms with Gasteiger partial charge in [-0.1, -0.05) is 0 Å². The van der Waals surface area contributed by atoms with Gasteiger partial charge < -0.3 is 15.4 Å². The third kappa shape index (κ3) is 2.41. The molecule has 0 fully saturated rings. The zero-order valence-corrected chi connectivity index (χ0v) is 10.2. The van der Waals surface area contributed by atoms with E-state index in [0.717, 1.165) is 10.7 Å². The van der Waals surface area contributed by atoms with Gasteiger partial charge in [0.05, 0.1) is 17.2 Å². The Kier molecular flexibility index (Phi) is 3.05. The molecule has 0 saturated heterocycles. The monoisotopic (exact) mass is 253 g/mol. The Morgan fingerprint density at radius 2 is 2.41 bits per heavy atom. The summed E-state index contributed by atoms with van der Waals surface area (Å²) in [5.74, 6) is 0.222. The molecular weight excluding hydrogens is 242 g/mol. The second kappa shape index (κ2) is 4.50. The largest absolute Gasteiger partial charge is 0.406 e. The van der Waals surface area contributed by atoms with Crippen LogP contribution >= 0.6 is 11.3 Å². The van der Waals surface area contributed by atoms with Gasteiger partial charge in [-0.2, -0.15) is 0 Å². The van der Waals surface area contributed by atoms with Crippen molar-refractivity contribution in [2.75, 3.05) is 5.32 Å². The lowest BCUT2D eigenvalue weighted by Gasteiger charge is -2.03. The first-order valence-corrected chi connectivity index (χ1v) is 5.76. The molecule has 0 amide bonds. The van der Waals surface area contributed by atoms with Crippen LogP contribution in [-0.4, -0.2) is 19.5 Å². The number of nitrogens with one attached hydrogen (secondary N) is 1. The molecule has 2 aromatic rings. The average Bonchev–Trinajstić information content (AvgIpc) is 2.82. The van der Waals surface area contributed by atoms with E-state index in [4.69, 9.17) is 0 Å². The smallest absolute Gasteiger partial charge is 0.359 e. The van der Waals surface area contributed by atoms with E-state index in [1.54, 1.807) is 23.0 Å². The molecule has 2 heterocycles. The van der Waals surface area contributed by atoms with E-state index in [-0.39, 0.29) is 5.82 Å². The standard InChI is InChI=1S/C9H11N5O2S/c1-6-12-7(4-17-6)3-10-8-9(14(15)16)11-5-13(8)2/h4-5,10H,3H2,1-2H3. The maximum Gasteiger partial charge on any atom is 0.406 e. The molecule has 17 heavy (non-hydrogen) atoms. The number of anilines is 1. The van der Waals surface area contributed by atoms with E-state index >= 15 is 0 Å². The molecular formula is C9H11N5O2S. The third-order valence-electron chi connectivity index (χ3n) is 2.19. The van der Waals surface area contributed by atoms with Crippen molar-refractivity contribution in [3.8, 4) is 0 Å². The minimum absolute atomic E-state index is 0.167. The lowest BCUT2D eigenvalue weighted by atomic mass is 10.4. The molecule has 0 atom stereocenters. The number of rotatable bonds is 4. The van der Waals surface area contributed by atoms with Crippen LogP contribution in [0.1, 0.15) is 10.7 Å². The van der Waals surface area contributed by atoms with Gasteiger partial charge in [0.2, 0.25) is 12.1 Å². The molecule has 90 valence electrons. The number of aryl methyl sites for hydroxylation is 2. The van der Waals surface area contributed by atoms with Crippen molar-refractivity contribution in [2.24, 2.45) is 7.05 Å². The van der Waals surface area contributed by atoms with Crippen molar-refractivity contribution in [3.05, 3.63) is 32.5 Å². The van der Waals surface area contributed by atoms with E-state index in [0.29, 0.717) is 12.4 Å². The normalized spacial score (nSPS) is 10.5. The van der Waals surface area contributed by atoms with Gasteiger partial charge in [0.15, 0.2) is 0 Å². The Hall–Kier alpha value is -1.96. The summed E-state index contributed by atoms with van der Waals surface area (Å²) in [6.45, 7) is 2.37. The number of hydrogen-bond acceptors (Lipinski definition) is 6. The Morgan fingerprint density at radius 3 is 3.00 bits per heavy atom. The van der Waals surface area contributed by atoms with Crippen LogP contribution in [-0.2, 0) is 13.6 Å². The Balaban J connectivity index is 2.13. The lowest BCUT2D eigenvalue weighted by molar-refractivity contribution is -0.388. The van der Waals surface area contributed by atoms with E-state index in [1.807, 2.05) is 12.3 Å². The molecule has 0 radical (unpaired) electrons. The van der Waals surface area contributed by atoms with Gasteiger partial charge in [-0.05, 0) is 16.8 Å². The topological polar surface area (TPSA) is 85.9 Å². The van der Waals surface area contributed by atoms with E-state index in [9.17, 15) is 10.1 Å². The number of nitrogens with zero attached hydrogens (tertiary/aromatic N) is 4. The van der Waals surface area contributed by atoms with Crippen molar-refractivity contribution in [1.29, 1.82) is 0 Å². The summed E-state index contributed by atoms with van der Waals surface area (Å²) in [6.07, 6.45) is 1.41. The molecule has 7 nitrogen and oxygen atoms in total. The highest BCUT2D eigenvalue weighted by Crippen LogP contribution is 2.21. The SMILES string of the molecule is Cc1nc(CNc2c([N+](=O)[O-])ncn2C)cs1. The molecule has 0 aliphatic carbocycles. The van der Waals surface area contributed by atoms with Gasteiger partial charge in [0, 0.05) is 12.4 Å². The average molecular weight is 253 g/mol. The summed E-state index contributed by atoms with van der Waals surface area (Å²) in [6, 6.07) is 0. The van der Waals surface area contributed by atoms with Crippen LogP contribution in [0, 0.1) is 17.0 Å². The van der Waals surface area contributed by atoms with E-state index < -0.39 is 4.92 Å². The molecule has 0 unspecified atom stereocenters. The molecule has 0 aliphatic rings. The molecule has 8 heteroatoms. The third-order valence-corrected chi connectivity index (χ3v) is 3.02. The highest BCUT2D eigenvalue weighted by molar-refractivity contribution is 7.09. The van der Waals surface area contributed by atoms with Crippen molar-refractivity contribution < 1.29 is 4.92 Å². The molecule has 0 bridgehead atoms. The summed E-state index contributed by atoms with van der Waals surface area (Å²) >= 11 is 1.55. The van der Waals surface area contributed by atoms with Crippen molar-refractivity contribution in [1.82, 2.24) is 14.5 Å². The van der Waals surface area contributed by atoms with Crippen LogP contribution in [0.15, 0.2) is 11.7 Å². The fraction of sp³-hybridized carbons (Fsp3) is 0.333. The van der Waals surface area contributed by atoms with Crippen LogP contribution in [0.5, 0.6) is 0 Å². The summed E-state index contributed by atoms with van der Waals surface area (Å²) in [4.78, 5) is 18.2. The molecule has 0 spiro atoms. The van der Waals surface area contributed by atoms with Gasteiger partial charge in [-0.25, -0.2) is 4.98 Å². The molecule has 1 N–H and O–H groups in total. The maximum absolute atomic E-state index is 10.7. The first-order valence-electron chi connectivity index (χ1n) is 4.88. The molecule has 0 aromatic carbocycles. The zero-order valence-electron chi connectivity index (χ0n) is 9.38. The van der Waals surface area contributed by atoms with E-state index in [2.05, 4.69) is 15.3 Å². The maximum atomic E-state index is 10.7. The van der Waals surface area contributed by atoms with E-state index in [1.165, 1.54) is 6.33 Å². The van der Waals surface area contributed by atoms with Gasteiger partial charge in [0.1, 0.15) is 0 Å². The highest BCUT2D eigenvalue weighted by Gasteiger charge is 2.19. The van der Waals surface area contributed by atoms with Crippen LogP contribution < -0.4 is 5.32 Å². The number of imidazole rings is 1. The molecule has 2 aromatic heterocycles. The number of thiazole rings is 1. The molecule has 0 saturated carbocycles. The van der Waals surface area contributed by atoms with Gasteiger partial charge in [0.25, 0.3) is 0 Å². The summed E-state index contributed by atoms with van der Waals surface area (Å²) in [5, 5.41) is 16.6. The summed E-state index contributed by atoms with van der Waals surface area (Å²) in [7, 11) is 1.70. The Labute approximate surface area is 101 Å². The predicted molar refractivity (Wildman–Crippen MR) is 64.0 cm³/mol. The fourth-order valence-electron chi connectivity index (χ4n) is 1.42. The van der Waals surface area contributed by atoms with Crippen molar-refractivity contribution >= 4 is 23.0 Å². The minimum Gasteiger partial charge on any atom is -0.359 e. The Bertz CT molecular complexity index is 547. The van der Waals surface area contributed by atoms with Gasteiger partial charge in [-0.15, -0.1) is 11.3 Å². The van der Waals surface area contributed by atoms with Crippen LogP contribution in [0.25, 0.3) is 0 Å². The van der Waals surface area contributed by atoms with Crippen LogP contribution in [0.4, 0.5) is 11.6 Å². The van der Waals surface area contributed by atoms with Crippen molar-refractivity contribution in [3.63, 3.8) is 0 Å². The first kappa shape index (κ1) is 11.5. The number of hydrogen-bond donors (Lipinski definition) is 1. The summed E-state index contributed by atoms with van der Waals surface area (Å²) < 4.78 is 1.58. The lowest BCUT2D eigenvalue weighted by Crippen LogP contribution is -2.06. The summed E-state index contributed by atoms with van der Waals surface area (Å²) in [5.41, 5.74) is 0.864. The number of nitro groups is 1. The van der Waals surface area contributed by atoms with Gasteiger partial charge >= 0.3 is 5.82 Å². The number of aromatic nitrogens is 3.